The molecule has 1 saturated heterocycles. The minimum absolute atomic E-state index is 0. The third-order valence-electron chi connectivity index (χ3n) is 4.79. The summed E-state index contributed by atoms with van der Waals surface area (Å²) in [5.74, 6) is -5.06. The fourth-order valence-electron chi connectivity index (χ4n) is 3.46. The number of carbonyl (C=O) groups excluding carboxylic acids is 5. The van der Waals surface area contributed by atoms with Crippen molar-refractivity contribution in [2.75, 3.05) is 0 Å². The van der Waals surface area contributed by atoms with E-state index in [4.69, 9.17) is 9.39 Å². The summed E-state index contributed by atoms with van der Waals surface area (Å²) in [5, 5.41) is -1.94. The Hall–Kier alpha value is -1.60. The average Bonchev–Trinajstić information content (AvgIpc) is 3.08. The summed E-state index contributed by atoms with van der Waals surface area (Å²) < 4.78 is 31.2. The average molecular weight is 423 g/mol. The molecule has 0 aromatic heterocycles. The SMILES string of the molecule is O=C(ON1C(=O)CC(S(=O)(=O)O)C1=O)C1CCCC(N2C(=O)C=CC2=O)C1.[Na+]. The van der Waals surface area contributed by atoms with Crippen molar-refractivity contribution >= 4 is 39.7 Å². The number of amides is 4. The Morgan fingerprint density at radius 3 is 2.25 bits per heavy atom. The van der Waals surface area contributed by atoms with E-state index in [9.17, 15) is 32.4 Å². The minimum atomic E-state index is -4.80. The second-order valence-corrected chi connectivity index (χ2v) is 8.14. The molecule has 1 N–H and O–H groups in total. The van der Waals surface area contributed by atoms with E-state index in [0.29, 0.717) is 19.3 Å². The first kappa shape index (κ1) is 22.7. The number of rotatable bonds is 4. The second kappa shape index (κ2) is 8.41. The molecule has 3 unspecified atom stereocenters. The van der Waals surface area contributed by atoms with Crippen LogP contribution in [-0.4, -0.2) is 63.8 Å². The van der Waals surface area contributed by atoms with Crippen LogP contribution in [0.2, 0.25) is 0 Å². The van der Waals surface area contributed by atoms with Crippen LogP contribution < -0.4 is 29.6 Å². The molecule has 2 heterocycles. The summed E-state index contributed by atoms with van der Waals surface area (Å²) in [5.41, 5.74) is 0. The van der Waals surface area contributed by atoms with Crippen LogP contribution in [0.25, 0.3) is 0 Å². The van der Waals surface area contributed by atoms with Gasteiger partial charge in [-0.15, -0.1) is 5.06 Å². The van der Waals surface area contributed by atoms with Gasteiger partial charge in [-0.2, -0.15) is 8.42 Å². The first-order valence-corrected chi connectivity index (χ1v) is 9.70. The summed E-state index contributed by atoms with van der Waals surface area (Å²) in [7, 11) is -4.80. The van der Waals surface area contributed by atoms with Gasteiger partial charge in [-0.05, 0) is 19.3 Å². The topological polar surface area (TPSA) is 155 Å². The summed E-state index contributed by atoms with van der Waals surface area (Å²) in [6, 6.07) is -0.512. The monoisotopic (exact) mass is 423 g/mol. The van der Waals surface area contributed by atoms with Crippen molar-refractivity contribution in [2.45, 2.75) is 43.4 Å². The Bertz CT molecular complexity index is 851. The molecule has 1 aliphatic carbocycles. The van der Waals surface area contributed by atoms with Gasteiger partial charge in [0.25, 0.3) is 33.7 Å². The smallest absolute Gasteiger partial charge is 0.330 e. The predicted octanol–water partition coefficient (Wildman–Crippen LogP) is -4.05. The molecule has 3 aliphatic rings. The molecular weight excluding hydrogens is 407 g/mol. The van der Waals surface area contributed by atoms with Crippen LogP contribution in [0.3, 0.4) is 0 Å². The summed E-state index contributed by atoms with van der Waals surface area (Å²) in [6.45, 7) is 0. The van der Waals surface area contributed by atoms with Crippen LogP contribution in [-0.2, 0) is 38.9 Å². The maximum absolute atomic E-state index is 12.3. The third-order valence-corrected chi connectivity index (χ3v) is 5.88. The number of hydrogen-bond donors (Lipinski definition) is 1. The van der Waals surface area contributed by atoms with Crippen molar-refractivity contribution in [3.05, 3.63) is 12.2 Å². The molecule has 4 amide bonds. The molecule has 3 atom stereocenters. The van der Waals surface area contributed by atoms with Gasteiger partial charge in [-0.3, -0.25) is 28.6 Å². The second-order valence-electron chi connectivity index (χ2n) is 6.54. The van der Waals surface area contributed by atoms with Crippen LogP contribution >= 0.6 is 0 Å². The van der Waals surface area contributed by atoms with Crippen molar-refractivity contribution in [2.24, 2.45) is 5.92 Å². The fourth-order valence-corrected chi connectivity index (χ4v) is 4.16. The predicted molar refractivity (Wildman–Crippen MR) is 84.6 cm³/mol. The van der Waals surface area contributed by atoms with Crippen molar-refractivity contribution in [3.63, 3.8) is 0 Å². The van der Waals surface area contributed by atoms with Gasteiger partial charge in [-0.1, -0.05) is 6.42 Å². The summed E-state index contributed by atoms with van der Waals surface area (Å²) in [4.78, 5) is 65.4. The van der Waals surface area contributed by atoms with Gasteiger partial charge >= 0.3 is 35.5 Å². The van der Waals surface area contributed by atoms with Crippen LogP contribution in [0.5, 0.6) is 0 Å². The number of nitrogens with zero attached hydrogens (tertiary/aromatic N) is 2. The van der Waals surface area contributed by atoms with E-state index in [0.717, 1.165) is 17.1 Å². The van der Waals surface area contributed by atoms with Gasteiger partial charge in [0.05, 0.1) is 12.3 Å². The molecule has 11 nitrogen and oxygen atoms in total. The largest absolute Gasteiger partial charge is 1.00 e. The Labute approximate surface area is 182 Å². The fraction of sp³-hybridized carbons (Fsp3) is 0.533. The molecule has 0 spiro atoms. The number of carbonyl (C=O) groups is 5. The molecule has 2 aliphatic heterocycles. The molecule has 1 saturated carbocycles. The molecule has 13 heteroatoms. The summed E-state index contributed by atoms with van der Waals surface area (Å²) in [6.07, 6.45) is 2.95. The Morgan fingerprint density at radius 2 is 1.71 bits per heavy atom. The van der Waals surface area contributed by atoms with Crippen LogP contribution in [0.4, 0.5) is 0 Å². The van der Waals surface area contributed by atoms with Crippen LogP contribution in [0.1, 0.15) is 32.1 Å². The van der Waals surface area contributed by atoms with Crippen molar-refractivity contribution in [3.8, 4) is 0 Å². The zero-order valence-electron chi connectivity index (χ0n) is 14.9. The molecule has 28 heavy (non-hydrogen) atoms. The molecule has 0 aromatic rings. The zero-order valence-corrected chi connectivity index (χ0v) is 17.8. The van der Waals surface area contributed by atoms with Gasteiger partial charge in [-0.25, -0.2) is 4.79 Å². The van der Waals surface area contributed by atoms with E-state index in [-0.39, 0.29) is 41.0 Å². The molecule has 3 rings (SSSR count). The van der Waals surface area contributed by atoms with Crippen LogP contribution in [0, 0.1) is 5.92 Å². The maximum atomic E-state index is 12.3. The van der Waals surface area contributed by atoms with Gasteiger partial charge in [0.1, 0.15) is 0 Å². The Balaban J connectivity index is 0.00000280. The third kappa shape index (κ3) is 4.35. The molecular formula is C15H16N2NaO9S+. The molecule has 2 fully saturated rings. The first-order valence-electron chi connectivity index (χ1n) is 8.19. The molecule has 0 bridgehead atoms. The van der Waals surface area contributed by atoms with E-state index in [1.807, 2.05) is 0 Å². The normalized spacial score (nSPS) is 28.0. The standard InChI is InChI=1S/C15H16N2O9S.Na/c18-11-4-5-12(19)16(11)9-3-1-2-8(6-9)15(22)26-17-13(20)7-10(14(17)21)27(23,24)25;/h4-5,8-10H,1-3,6-7H2,(H,23,24,25);/q;+1. The number of hydrogen-bond acceptors (Lipinski definition) is 8. The van der Waals surface area contributed by atoms with E-state index in [1.54, 1.807) is 0 Å². The molecule has 0 aromatic carbocycles. The number of hydroxylamine groups is 2. The van der Waals surface area contributed by atoms with E-state index in [1.165, 1.54) is 0 Å². The molecule has 0 radical (unpaired) electrons. The van der Waals surface area contributed by atoms with E-state index < -0.39 is 63.3 Å². The van der Waals surface area contributed by atoms with Crippen molar-refractivity contribution in [1.82, 2.24) is 9.96 Å². The number of imide groups is 2. The molecule has 146 valence electrons. The quantitative estimate of drug-likeness (QED) is 0.270. The van der Waals surface area contributed by atoms with Crippen LogP contribution in [0.15, 0.2) is 12.2 Å². The van der Waals surface area contributed by atoms with Gasteiger partial charge in [0.15, 0.2) is 5.25 Å². The maximum Gasteiger partial charge on any atom is 1.00 e. The van der Waals surface area contributed by atoms with Crippen molar-refractivity contribution < 1.29 is 71.3 Å². The van der Waals surface area contributed by atoms with Crippen molar-refractivity contribution in [1.29, 1.82) is 0 Å². The Morgan fingerprint density at radius 1 is 1.11 bits per heavy atom. The summed E-state index contributed by atoms with van der Waals surface area (Å²) >= 11 is 0. The van der Waals surface area contributed by atoms with Gasteiger partial charge in [0, 0.05) is 18.2 Å². The zero-order chi connectivity index (χ0) is 19.9. The Kier molecular flexibility index (Phi) is 6.82. The van der Waals surface area contributed by atoms with E-state index in [2.05, 4.69) is 0 Å². The van der Waals surface area contributed by atoms with Gasteiger partial charge in [0.2, 0.25) is 0 Å². The van der Waals surface area contributed by atoms with E-state index >= 15 is 0 Å². The minimum Gasteiger partial charge on any atom is -0.330 e. The van der Waals surface area contributed by atoms with Gasteiger partial charge < -0.3 is 4.84 Å². The first-order chi connectivity index (χ1) is 12.6.